The number of hydrogen-bond donors (Lipinski definition) is 3. The van der Waals surface area contributed by atoms with Gasteiger partial charge in [-0.3, -0.25) is 4.79 Å². The zero-order chi connectivity index (χ0) is 20.3. The Hall–Kier alpha value is -1.31. The summed E-state index contributed by atoms with van der Waals surface area (Å²) >= 11 is 5.89. The van der Waals surface area contributed by atoms with Gasteiger partial charge in [0, 0.05) is 17.5 Å². The first-order valence-electron chi connectivity index (χ1n) is 9.70. The van der Waals surface area contributed by atoms with E-state index in [1.54, 1.807) is 0 Å². The molecule has 8 heteroatoms. The fraction of sp³-hybridized carbons (Fsp3) is 0.650. The number of hydrogen-bond acceptors (Lipinski definition) is 3. The number of aliphatic hydroxyl groups is 1. The second kappa shape index (κ2) is 6.89. The number of carbonyl (C=O) groups excluding carboxylic acids is 1. The van der Waals surface area contributed by atoms with Crippen molar-refractivity contribution in [1.29, 1.82) is 0 Å². The van der Waals surface area contributed by atoms with Crippen LogP contribution in [0.25, 0.3) is 0 Å². The summed E-state index contributed by atoms with van der Waals surface area (Å²) in [5.41, 5.74) is 3.39. The number of nitrogens with one attached hydrogen (secondary N) is 1. The number of carbonyl (C=O) groups is 1. The third-order valence-corrected chi connectivity index (χ3v) is 7.32. The molecule has 3 aliphatic rings. The van der Waals surface area contributed by atoms with Crippen LogP contribution in [0.15, 0.2) is 12.1 Å². The van der Waals surface area contributed by atoms with E-state index in [1.165, 1.54) is 0 Å². The lowest BCUT2D eigenvalue weighted by molar-refractivity contribution is -0.127. The number of benzene rings is 1. The number of amides is 1. The molecule has 4 atom stereocenters. The van der Waals surface area contributed by atoms with Crippen LogP contribution in [0, 0.1) is 23.0 Å². The number of halogens is 4. The maximum Gasteiger partial charge on any atom is 0.223 e. The molecule has 0 spiro atoms. The van der Waals surface area contributed by atoms with Crippen molar-refractivity contribution in [3.8, 4) is 0 Å². The Morgan fingerprint density at radius 1 is 1.25 bits per heavy atom. The smallest absolute Gasteiger partial charge is 0.223 e. The molecular weight excluding hydrogens is 393 g/mol. The van der Waals surface area contributed by atoms with Crippen LogP contribution in [0.5, 0.6) is 0 Å². The average molecular weight is 417 g/mol. The molecule has 154 valence electrons. The van der Waals surface area contributed by atoms with Crippen LogP contribution >= 0.6 is 11.6 Å². The molecule has 3 saturated carbocycles. The fourth-order valence-corrected chi connectivity index (χ4v) is 5.60. The van der Waals surface area contributed by atoms with E-state index in [2.05, 4.69) is 5.32 Å². The zero-order valence-corrected chi connectivity index (χ0v) is 16.1. The van der Waals surface area contributed by atoms with E-state index < -0.39 is 52.7 Å². The quantitative estimate of drug-likeness (QED) is 0.657. The minimum Gasteiger partial charge on any atom is -0.391 e. The maximum absolute atomic E-state index is 14.9. The van der Waals surface area contributed by atoms with Gasteiger partial charge in [-0.1, -0.05) is 11.6 Å². The molecule has 0 saturated heterocycles. The second-order valence-electron chi connectivity index (χ2n) is 8.79. The van der Waals surface area contributed by atoms with Crippen molar-refractivity contribution in [3.05, 3.63) is 34.4 Å². The molecule has 2 bridgehead atoms. The highest BCUT2D eigenvalue weighted by molar-refractivity contribution is 6.30. The van der Waals surface area contributed by atoms with Crippen molar-refractivity contribution >= 4 is 17.5 Å². The van der Waals surface area contributed by atoms with Gasteiger partial charge in [-0.05, 0) is 62.5 Å². The number of rotatable bonds is 4. The molecule has 3 aliphatic carbocycles. The molecule has 1 unspecified atom stereocenters. The number of aliphatic hydroxyl groups excluding tert-OH is 1. The van der Waals surface area contributed by atoms with E-state index in [-0.39, 0.29) is 23.4 Å². The molecule has 0 aromatic heterocycles. The lowest BCUT2D eigenvalue weighted by Crippen LogP contribution is -2.42. The molecule has 4 nitrogen and oxygen atoms in total. The summed E-state index contributed by atoms with van der Waals surface area (Å²) in [5.74, 6) is -2.71. The summed E-state index contributed by atoms with van der Waals surface area (Å²) in [6, 6.07) is 0.663. The fourth-order valence-electron chi connectivity index (χ4n) is 5.43. The third-order valence-electron chi connectivity index (χ3n) is 7.03. The van der Waals surface area contributed by atoms with Crippen LogP contribution < -0.4 is 11.1 Å². The zero-order valence-electron chi connectivity index (χ0n) is 15.4. The Balaban J connectivity index is 1.70. The van der Waals surface area contributed by atoms with Crippen molar-refractivity contribution in [1.82, 2.24) is 5.32 Å². The number of nitrogens with two attached hydrogens (primary N) is 1. The molecule has 3 fully saturated rings. The van der Waals surface area contributed by atoms with Gasteiger partial charge in [0.25, 0.3) is 0 Å². The first-order chi connectivity index (χ1) is 13.1. The monoisotopic (exact) mass is 416 g/mol. The molecule has 4 N–H and O–H groups in total. The molecule has 0 heterocycles. The van der Waals surface area contributed by atoms with Gasteiger partial charge in [-0.15, -0.1) is 0 Å². The summed E-state index contributed by atoms with van der Waals surface area (Å²) in [5, 5.41) is 12.4. The molecule has 4 rings (SSSR count). The van der Waals surface area contributed by atoms with Crippen molar-refractivity contribution < 1.29 is 23.1 Å². The van der Waals surface area contributed by atoms with E-state index in [9.17, 15) is 23.1 Å². The van der Waals surface area contributed by atoms with Gasteiger partial charge in [0.15, 0.2) is 0 Å². The number of fused-ring (bicyclic) bond motifs is 2. The topological polar surface area (TPSA) is 75.4 Å². The van der Waals surface area contributed by atoms with E-state index >= 15 is 0 Å². The Labute approximate surface area is 166 Å². The minimum atomic E-state index is -1.35. The molecular formula is C20H24ClF3N2O2. The Morgan fingerprint density at radius 3 is 2.46 bits per heavy atom. The highest BCUT2D eigenvalue weighted by Crippen LogP contribution is 2.63. The SMILES string of the molecule is N[C@H]1C[C@H](C(=O)NC(c2c(F)ccc(Cl)c2F)C23CCC(F)(CC2)C3)C[C@H]1O. The Morgan fingerprint density at radius 2 is 1.93 bits per heavy atom. The summed E-state index contributed by atoms with van der Waals surface area (Å²) in [7, 11) is 0. The second-order valence-corrected chi connectivity index (χ2v) is 9.20. The average Bonchev–Trinajstić information content (AvgIpc) is 3.29. The van der Waals surface area contributed by atoms with Crippen molar-refractivity contribution in [3.63, 3.8) is 0 Å². The van der Waals surface area contributed by atoms with Gasteiger partial charge in [-0.2, -0.15) is 0 Å². The minimum absolute atomic E-state index is 0.156. The predicted octanol–water partition coefficient (Wildman–Crippen LogP) is 3.55. The summed E-state index contributed by atoms with van der Waals surface area (Å²) < 4.78 is 44.4. The lowest BCUT2D eigenvalue weighted by atomic mass is 9.74. The van der Waals surface area contributed by atoms with Crippen molar-refractivity contribution in [2.24, 2.45) is 17.1 Å². The van der Waals surface area contributed by atoms with Crippen LogP contribution in [-0.4, -0.2) is 28.8 Å². The van der Waals surface area contributed by atoms with Crippen LogP contribution in [0.4, 0.5) is 13.2 Å². The summed E-state index contributed by atoms with van der Waals surface area (Å²) in [4.78, 5) is 12.9. The molecule has 1 aromatic rings. The van der Waals surface area contributed by atoms with E-state index in [0.29, 0.717) is 32.1 Å². The van der Waals surface area contributed by atoms with Gasteiger partial charge in [0.05, 0.1) is 17.2 Å². The first-order valence-corrected chi connectivity index (χ1v) is 10.1. The van der Waals surface area contributed by atoms with Gasteiger partial charge >= 0.3 is 0 Å². The highest BCUT2D eigenvalue weighted by atomic mass is 35.5. The molecule has 1 aromatic carbocycles. The lowest BCUT2D eigenvalue weighted by Gasteiger charge is -2.37. The van der Waals surface area contributed by atoms with E-state index in [4.69, 9.17) is 17.3 Å². The van der Waals surface area contributed by atoms with Gasteiger partial charge in [0.2, 0.25) is 5.91 Å². The summed E-state index contributed by atoms with van der Waals surface area (Å²) in [6.07, 6.45) is 1.36. The molecule has 28 heavy (non-hydrogen) atoms. The maximum atomic E-state index is 14.9. The highest BCUT2D eigenvalue weighted by Gasteiger charge is 2.59. The van der Waals surface area contributed by atoms with Gasteiger partial charge < -0.3 is 16.2 Å². The first kappa shape index (κ1) is 20.0. The predicted molar refractivity (Wildman–Crippen MR) is 98.3 cm³/mol. The molecule has 0 radical (unpaired) electrons. The van der Waals surface area contributed by atoms with E-state index in [1.807, 2.05) is 0 Å². The van der Waals surface area contributed by atoms with Gasteiger partial charge in [0.1, 0.15) is 17.3 Å². The van der Waals surface area contributed by atoms with Gasteiger partial charge in [-0.25, -0.2) is 13.2 Å². The van der Waals surface area contributed by atoms with Crippen molar-refractivity contribution in [2.75, 3.05) is 0 Å². The van der Waals surface area contributed by atoms with Crippen LogP contribution in [0.2, 0.25) is 5.02 Å². The number of alkyl halides is 1. The van der Waals surface area contributed by atoms with Crippen LogP contribution in [0.3, 0.4) is 0 Å². The van der Waals surface area contributed by atoms with Crippen molar-refractivity contribution in [2.45, 2.75) is 68.8 Å². The van der Waals surface area contributed by atoms with Crippen LogP contribution in [-0.2, 0) is 4.79 Å². The largest absolute Gasteiger partial charge is 0.391 e. The van der Waals surface area contributed by atoms with E-state index in [0.717, 1.165) is 12.1 Å². The Kier molecular flexibility index (Phi) is 4.91. The standard InChI is InChI=1S/C20H24ClF3N2O2/c21-11-1-2-12(22)15(16(11)23)17(19-3-5-20(24,9-19)6-4-19)26-18(28)10-7-13(25)14(27)8-10/h1-2,10,13-14,17,27H,3-9,25H2,(H,26,28)/t10-,13-,14+,17?,19?,20?/m0/s1. The van der Waals surface area contributed by atoms with Crippen LogP contribution in [0.1, 0.15) is 56.6 Å². The third kappa shape index (κ3) is 3.21. The normalized spacial score (nSPS) is 38.0. The Bertz CT molecular complexity index is 788. The molecule has 1 amide bonds. The molecule has 0 aliphatic heterocycles. The summed E-state index contributed by atoms with van der Waals surface area (Å²) in [6.45, 7) is 0.